The zero-order valence-electron chi connectivity index (χ0n) is 22.4. The van der Waals surface area contributed by atoms with Gasteiger partial charge in [-0.25, -0.2) is 18.4 Å². The van der Waals surface area contributed by atoms with Crippen LogP contribution in [0.4, 0.5) is 24.1 Å². The highest BCUT2D eigenvalue weighted by Crippen LogP contribution is 2.14. The maximum absolute atomic E-state index is 13.9. The van der Waals surface area contributed by atoms with Gasteiger partial charge in [0.15, 0.2) is 0 Å². The standard InChI is InChI=1S/C29H41F2N5O2/c1-2-3-4-5-6-9-16-32-28(37)36(23-24-12-14-25(30)15-13-24)22-19-34-17-20-35(21-18-34)29(38)33-27-11-8-7-10-26(27)31/h7-8,10-15H,2-6,9,16-23H2,1H3,(H,32,37)(H,33,38). The summed E-state index contributed by atoms with van der Waals surface area (Å²) < 4.78 is 27.2. The van der Waals surface area contributed by atoms with Crippen molar-refractivity contribution in [3.63, 3.8) is 0 Å². The third kappa shape index (κ3) is 9.93. The number of hydrogen-bond acceptors (Lipinski definition) is 3. The van der Waals surface area contributed by atoms with Crippen molar-refractivity contribution in [3.8, 4) is 0 Å². The van der Waals surface area contributed by atoms with Gasteiger partial charge in [-0.2, -0.15) is 0 Å². The van der Waals surface area contributed by atoms with Gasteiger partial charge >= 0.3 is 12.1 Å². The summed E-state index contributed by atoms with van der Waals surface area (Å²) in [4.78, 5) is 31.2. The van der Waals surface area contributed by atoms with Crippen molar-refractivity contribution < 1.29 is 18.4 Å². The molecule has 1 aliphatic heterocycles. The van der Waals surface area contributed by atoms with E-state index < -0.39 is 5.82 Å². The lowest BCUT2D eigenvalue weighted by Gasteiger charge is -2.35. The average Bonchev–Trinajstić information content (AvgIpc) is 2.93. The zero-order chi connectivity index (χ0) is 27.2. The second-order valence-electron chi connectivity index (χ2n) is 9.79. The van der Waals surface area contributed by atoms with Crippen LogP contribution in [0.2, 0.25) is 0 Å². The molecular weight excluding hydrogens is 488 g/mol. The number of anilines is 1. The highest BCUT2D eigenvalue weighted by molar-refractivity contribution is 5.89. The summed E-state index contributed by atoms with van der Waals surface area (Å²) >= 11 is 0. The van der Waals surface area contributed by atoms with Crippen LogP contribution in [0.15, 0.2) is 48.5 Å². The van der Waals surface area contributed by atoms with Gasteiger partial charge in [-0.05, 0) is 36.2 Å². The van der Waals surface area contributed by atoms with Crippen LogP contribution in [0.1, 0.15) is 51.0 Å². The van der Waals surface area contributed by atoms with Crippen LogP contribution in [0.3, 0.4) is 0 Å². The number of carbonyl (C=O) groups is 2. The summed E-state index contributed by atoms with van der Waals surface area (Å²) in [7, 11) is 0. The number of nitrogens with zero attached hydrogens (tertiary/aromatic N) is 3. The summed E-state index contributed by atoms with van der Waals surface area (Å²) in [6.07, 6.45) is 6.95. The molecule has 0 aliphatic carbocycles. The van der Waals surface area contributed by atoms with Crippen molar-refractivity contribution in [1.29, 1.82) is 0 Å². The minimum absolute atomic E-state index is 0.120. The average molecular weight is 530 g/mol. The fraction of sp³-hybridized carbons (Fsp3) is 0.517. The van der Waals surface area contributed by atoms with E-state index in [1.54, 1.807) is 34.1 Å². The van der Waals surface area contributed by atoms with Crippen molar-refractivity contribution in [2.45, 2.75) is 52.0 Å². The molecule has 2 N–H and O–H groups in total. The minimum Gasteiger partial charge on any atom is -0.338 e. The highest BCUT2D eigenvalue weighted by atomic mass is 19.1. The van der Waals surface area contributed by atoms with E-state index in [-0.39, 0.29) is 23.6 Å². The Morgan fingerprint density at radius 3 is 2.29 bits per heavy atom. The Morgan fingerprint density at radius 1 is 0.895 bits per heavy atom. The van der Waals surface area contributed by atoms with E-state index in [0.717, 1.165) is 18.4 Å². The van der Waals surface area contributed by atoms with Crippen molar-refractivity contribution in [2.24, 2.45) is 0 Å². The maximum atomic E-state index is 13.9. The summed E-state index contributed by atoms with van der Waals surface area (Å²) in [5, 5.41) is 5.68. The fourth-order valence-corrected chi connectivity index (χ4v) is 4.47. The molecule has 7 nitrogen and oxygen atoms in total. The Morgan fingerprint density at radius 2 is 1.58 bits per heavy atom. The summed E-state index contributed by atoms with van der Waals surface area (Å²) in [5.41, 5.74) is 1.04. The van der Waals surface area contributed by atoms with Crippen LogP contribution in [-0.2, 0) is 6.54 Å². The van der Waals surface area contributed by atoms with Crippen molar-refractivity contribution >= 4 is 17.7 Å². The van der Waals surface area contributed by atoms with Crippen LogP contribution in [0, 0.1) is 11.6 Å². The van der Waals surface area contributed by atoms with Gasteiger partial charge in [0, 0.05) is 52.4 Å². The molecular formula is C29H41F2N5O2. The van der Waals surface area contributed by atoms with E-state index in [9.17, 15) is 18.4 Å². The van der Waals surface area contributed by atoms with E-state index in [4.69, 9.17) is 0 Å². The normalized spacial score (nSPS) is 13.8. The lowest BCUT2D eigenvalue weighted by Crippen LogP contribution is -2.52. The molecule has 0 saturated carbocycles. The van der Waals surface area contributed by atoms with Crippen molar-refractivity contribution in [3.05, 3.63) is 65.7 Å². The van der Waals surface area contributed by atoms with Gasteiger partial charge < -0.3 is 20.4 Å². The number of piperazine rings is 1. The van der Waals surface area contributed by atoms with Gasteiger partial charge in [-0.3, -0.25) is 4.90 Å². The van der Waals surface area contributed by atoms with E-state index in [2.05, 4.69) is 22.5 Å². The zero-order valence-corrected chi connectivity index (χ0v) is 22.4. The number of nitrogens with one attached hydrogen (secondary N) is 2. The fourth-order valence-electron chi connectivity index (χ4n) is 4.47. The lowest BCUT2D eigenvalue weighted by molar-refractivity contribution is 0.134. The first-order valence-electron chi connectivity index (χ1n) is 13.8. The largest absolute Gasteiger partial charge is 0.338 e. The molecule has 0 aromatic heterocycles. The van der Waals surface area contributed by atoms with E-state index in [1.165, 1.54) is 49.9 Å². The lowest BCUT2D eigenvalue weighted by atomic mass is 10.1. The van der Waals surface area contributed by atoms with Gasteiger partial charge in [0.05, 0.1) is 5.69 Å². The molecule has 0 unspecified atom stereocenters. The number of para-hydroxylation sites is 1. The van der Waals surface area contributed by atoms with Crippen LogP contribution < -0.4 is 10.6 Å². The van der Waals surface area contributed by atoms with Crippen molar-refractivity contribution in [2.75, 3.05) is 51.1 Å². The second kappa shape index (κ2) is 15.9. The highest BCUT2D eigenvalue weighted by Gasteiger charge is 2.23. The number of halogens is 2. The number of hydrogen-bond donors (Lipinski definition) is 2. The molecule has 1 aliphatic rings. The summed E-state index contributed by atoms with van der Waals surface area (Å²) in [6.45, 7) is 6.76. The molecule has 2 aromatic rings. The molecule has 1 fully saturated rings. The molecule has 1 saturated heterocycles. The number of benzene rings is 2. The summed E-state index contributed by atoms with van der Waals surface area (Å²) in [6, 6.07) is 11.9. The first-order valence-corrected chi connectivity index (χ1v) is 13.8. The third-order valence-corrected chi connectivity index (χ3v) is 6.84. The number of rotatable bonds is 13. The van der Waals surface area contributed by atoms with Crippen LogP contribution in [-0.4, -0.2) is 72.6 Å². The van der Waals surface area contributed by atoms with Crippen molar-refractivity contribution in [1.82, 2.24) is 20.0 Å². The SMILES string of the molecule is CCCCCCCCNC(=O)N(CCN1CCN(C(=O)Nc2ccccc2F)CC1)Cc1ccc(F)cc1. The van der Waals surface area contributed by atoms with Gasteiger partial charge in [0.1, 0.15) is 11.6 Å². The molecule has 9 heteroatoms. The molecule has 38 heavy (non-hydrogen) atoms. The topological polar surface area (TPSA) is 67.9 Å². The Kier molecular flexibility index (Phi) is 12.3. The minimum atomic E-state index is -0.462. The third-order valence-electron chi connectivity index (χ3n) is 6.84. The van der Waals surface area contributed by atoms with Gasteiger partial charge in [-0.15, -0.1) is 0 Å². The molecule has 1 heterocycles. The van der Waals surface area contributed by atoms with Gasteiger partial charge in [0.25, 0.3) is 0 Å². The number of unbranched alkanes of at least 4 members (excludes halogenated alkanes) is 5. The Balaban J connectivity index is 1.46. The molecule has 0 spiro atoms. The van der Waals surface area contributed by atoms with Crippen LogP contribution in [0.5, 0.6) is 0 Å². The molecule has 3 rings (SSSR count). The van der Waals surface area contributed by atoms with E-state index >= 15 is 0 Å². The van der Waals surface area contributed by atoms with Gasteiger partial charge in [-0.1, -0.05) is 63.3 Å². The maximum Gasteiger partial charge on any atom is 0.322 e. The van der Waals surface area contributed by atoms with Crippen LogP contribution in [0.25, 0.3) is 0 Å². The predicted molar refractivity (Wildman–Crippen MR) is 147 cm³/mol. The Hall–Kier alpha value is -3.20. The van der Waals surface area contributed by atoms with Gasteiger partial charge in [0.2, 0.25) is 0 Å². The number of carbonyl (C=O) groups excluding carboxylic acids is 2. The number of urea groups is 2. The monoisotopic (exact) mass is 529 g/mol. The summed E-state index contributed by atoms with van der Waals surface area (Å²) in [5.74, 6) is -0.764. The number of amides is 4. The Bertz CT molecular complexity index is 997. The molecule has 0 atom stereocenters. The van der Waals surface area contributed by atoms with E-state index in [0.29, 0.717) is 52.4 Å². The first kappa shape index (κ1) is 29.4. The molecule has 4 amide bonds. The molecule has 208 valence electrons. The smallest absolute Gasteiger partial charge is 0.322 e. The predicted octanol–water partition coefficient (Wildman–Crippen LogP) is 5.69. The molecule has 2 aromatic carbocycles. The Labute approximate surface area is 225 Å². The quantitative estimate of drug-likeness (QED) is 0.328. The first-order chi connectivity index (χ1) is 18.5. The van der Waals surface area contributed by atoms with E-state index in [1.807, 2.05) is 0 Å². The van der Waals surface area contributed by atoms with Crippen LogP contribution >= 0.6 is 0 Å². The second-order valence-corrected chi connectivity index (χ2v) is 9.79. The molecule has 0 bridgehead atoms. The molecule has 0 radical (unpaired) electrons.